The van der Waals surface area contributed by atoms with Crippen LogP contribution in [0, 0.1) is 57.3 Å². The monoisotopic (exact) mass is 1490 g/mol. The van der Waals surface area contributed by atoms with Crippen LogP contribution in [-0.4, -0.2) is 86.5 Å². The summed E-state index contributed by atoms with van der Waals surface area (Å²) in [5.74, 6) is -0.709. The number of alkyl halides is 3. The molecule has 12 aromatic rings. The van der Waals surface area contributed by atoms with Gasteiger partial charge in [-0.2, -0.15) is 17.9 Å². The highest BCUT2D eigenvalue weighted by Gasteiger charge is 2.40. The van der Waals surface area contributed by atoms with Crippen LogP contribution in [0.5, 0.6) is 34.5 Å². The molecule has 0 bridgehead atoms. The van der Waals surface area contributed by atoms with E-state index in [4.69, 9.17) is 41.7 Å². The van der Waals surface area contributed by atoms with E-state index in [2.05, 4.69) is 31.8 Å². The number of ketones is 3. The number of hydrogen-bond acceptors (Lipinski definition) is 18. The first kappa shape index (κ1) is 79.0. The number of ether oxygens (including phenoxy) is 6. The van der Waals surface area contributed by atoms with Gasteiger partial charge in [-0.3, -0.25) is 19.4 Å². The van der Waals surface area contributed by atoms with Crippen LogP contribution >= 0.6 is 0 Å². The standard InChI is InChI=1S/C28H26F4N2O4.C28H29FN2O5.C26H28FN3O4/c1-16(19-7-9-20(29)10-8-19)11-14-37-26-24(36-15-12-21-6-4-5-13-33-21)22(18(3)35)17(2)23-25(26)38-27(34-23)28(30,31)32;1-17(21-8-10-22(29)11-9-21)12-15-35-28-26(34-16-13-23-7-5-6-14-31(23)33)24(19(3)32)18(2)25-27(28)36-20(4)30-25;1-16(20-5-7-21(27)8-6-20)9-13-32-26-24(33-14-12-30-11-10-28-15-30)22(18(3)31)17(2)23-25(26)34-19(4)29-23/h4-10,13,16H,11-12,14-15H2,1-3H3;5-11,14,17H,12-13,15-16H2,1-4H3;5-8,10-11,15-16H,9,12-14H2,1-4H3. The van der Waals surface area contributed by atoms with Crippen LogP contribution in [0.25, 0.3) is 33.3 Å². The van der Waals surface area contributed by atoms with Crippen molar-refractivity contribution in [2.24, 2.45) is 0 Å². The number of carbonyl (C=O) groups is 3. The summed E-state index contributed by atoms with van der Waals surface area (Å²) < 4.78 is 136. The molecule has 6 aromatic carbocycles. The van der Waals surface area contributed by atoms with Crippen molar-refractivity contribution < 1.29 is 87.1 Å². The normalized spacial score (nSPS) is 12.2. The van der Waals surface area contributed by atoms with Crippen molar-refractivity contribution in [1.29, 1.82) is 0 Å². The SMILES string of the molecule is CC(=O)c1c(OCCc2cccc[n+]2[O-])c(OCCC(C)c2ccc(F)cc2)c2oc(C)nc2c1C.CC(=O)c1c(OCCc2ccccn2)c(OCCC(C)c2ccc(F)cc2)c2oc(C(F)(F)F)nc2c1C.CC(=O)c1c(OCCn2ccnc2)c(OCCC(C)c2ccc(F)cc2)c2oc(C)nc2c1C. The number of hydrogen-bond donors (Lipinski definition) is 0. The van der Waals surface area contributed by atoms with Crippen molar-refractivity contribution in [3.05, 3.63) is 242 Å². The molecule has 0 aliphatic rings. The topological polar surface area (TPSA) is 242 Å². The van der Waals surface area contributed by atoms with Gasteiger partial charge in [0.1, 0.15) is 40.6 Å². The summed E-state index contributed by atoms with van der Waals surface area (Å²) >= 11 is 0. The minimum atomic E-state index is -4.84. The zero-order chi connectivity index (χ0) is 77.5. The van der Waals surface area contributed by atoms with Crippen LogP contribution in [0.3, 0.4) is 0 Å². The third-order valence-corrected chi connectivity index (χ3v) is 18.2. The maximum absolute atomic E-state index is 13.5. The van der Waals surface area contributed by atoms with Crippen molar-refractivity contribution in [2.75, 3.05) is 39.6 Å². The minimum Gasteiger partial charge on any atom is -0.619 e. The van der Waals surface area contributed by atoms with E-state index in [1.54, 1.807) is 100 Å². The van der Waals surface area contributed by atoms with Crippen LogP contribution in [0.2, 0.25) is 0 Å². The maximum atomic E-state index is 13.5. The Labute approximate surface area is 619 Å². The fraction of sp³-hybridized carbons (Fsp3) is 0.329. The number of aryl methyl sites for hydroxylation is 5. The molecule has 0 N–H and O–H groups in total. The highest BCUT2D eigenvalue weighted by Crippen LogP contribution is 2.47. The van der Waals surface area contributed by atoms with Gasteiger partial charge in [0, 0.05) is 56.7 Å². The highest BCUT2D eigenvalue weighted by atomic mass is 19.4. The van der Waals surface area contributed by atoms with Gasteiger partial charge in [-0.05, 0) is 160 Å². The molecule has 6 heterocycles. The van der Waals surface area contributed by atoms with Gasteiger partial charge in [0.25, 0.3) is 0 Å². The van der Waals surface area contributed by atoms with Gasteiger partial charge in [-0.25, -0.2) is 33.1 Å². The summed E-state index contributed by atoms with van der Waals surface area (Å²) in [5, 5.41) is 12.0. The van der Waals surface area contributed by atoms with Gasteiger partial charge in [0.2, 0.25) is 34.0 Å². The zero-order valence-corrected chi connectivity index (χ0v) is 61.7. The molecule has 0 saturated heterocycles. The number of halogens is 6. The molecule has 0 amide bonds. The number of carbonyl (C=O) groups excluding carboxylic acids is 3. The fourth-order valence-corrected chi connectivity index (χ4v) is 12.4. The van der Waals surface area contributed by atoms with E-state index in [0.717, 1.165) is 27.1 Å². The number of aromatic nitrogens is 7. The molecule has 20 nitrogen and oxygen atoms in total. The first-order chi connectivity index (χ1) is 51.7. The fourth-order valence-electron chi connectivity index (χ4n) is 12.4. The van der Waals surface area contributed by atoms with E-state index in [-0.39, 0.29) is 106 Å². The van der Waals surface area contributed by atoms with E-state index in [1.165, 1.54) is 70.3 Å². The van der Waals surface area contributed by atoms with Gasteiger partial charge >= 0.3 is 12.1 Å². The molecule has 3 atom stereocenters. The van der Waals surface area contributed by atoms with Gasteiger partial charge in [0.15, 0.2) is 58.3 Å². The molecule has 0 aliphatic heterocycles. The molecular weight excluding hydrogens is 1400 g/mol. The second-order valence-corrected chi connectivity index (χ2v) is 26.1. The lowest BCUT2D eigenvalue weighted by Gasteiger charge is -2.19. The Hall–Kier alpha value is -11.6. The summed E-state index contributed by atoms with van der Waals surface area (Å²) in [4.78, 5) is 58.8. The van der Waals surface area contributed by atoms with Crippen LogP contribution in [0.15, 0.2) is 154 Å². The molecule has 0 saturated carbocycles. The lowest BCUT2D eigenvalue weighted by Crippen LogP contribution is -2.31. The molecular formula is C82H83F6N7O13. The van der Waals surface area contributed by atoms with Gasteiger partial charge in [-0.15, -0.1) is 0 Å². The first-order valence-corrected chi connectivity index (χ1v) is 35.2. The Morgan fingerprint density at radius 2 is 0.889 bits per heavy atom. The predicted octanol–water partition coefficient (Wildman–Crippen LogP) is 18.3. The first-order valence-electron chi connectivity index (χ1n) is 35.2. The van der Waals surface area contributed by atoms with Crippen molar-refractivity contribution in [1.82, 2.24) is 29.5 Å². The van der Waals surface area contributed by atoms with Gasteiger partial charge in [0.05, 0.1) is 69.0 Å². The van der Waals surface area contributed by atoms with E-state index in [9.17, 15) is 45.9 Å². The number of nitrogens with zero attached hydrogens (tertiary/aromatic N) is 7. The molecule has 6 aromatic heterocycles. The molecule has 0 radical (unpaired) electrons. The molecule has 26 heteroatoms. The number of benzene rings is 6. The lowest BCUT2D eigenvalue weighted by molar-refractivity contribution is -0.614. The summed E-state index contributed by atoms with van der Waals surface area (Å²) in [6, 6.07) is 29.5. The second-order valence-electron chi connectivity index (χ2n) is 26.1. The lowest BCUT2D eigenvalue weighted by atomic mass is 9.98. The summed E-state index contributed by atoms with van der Waals surface area (Å²) in [6.07, 6.45) is 5.98. The van der Waals surface area contributed by atoms with Crippen LogP contribution in [0.1, 0.15) is 172 Å². The molecule has 0 spiro atoms. The number of oxazole rings is 3. The van der Waals surface area contributed by atoms with Crippen molar-refractivity contribution in [2.45, 2.75) is 139 Å². The third kappa shape index (κ3) is 19.3. The van der Waals surface area contributed by atoms with Gasteiger partial charge < -0.3 is 51.4 Å². The predicted molar refractivity (Wildman–Crippen MR) is 391 cm³/mol. The number of rotatable bonds is 30. The van der Waals surface area contributed by atoms with Crippen molar-refractivity contribution >= 4 is 50.6 Å². The van der Waals surface area contributed by atoms with Crippen LogP contribution in [-0.2, 0) is 25.6 Å². The average molecular weight is 1490 g/mol. The maximum Gasteiger partial charge on any atom is 0.468 e. The summed E-state index contributed by atoms with van der Waals surface area (Å²) in [7, 11) is 0. The van der Waals surface area contributed by atoms with E-state index < -0.39 is 17.9 Å². The average Bonchev–Trinajstić information content (AvgIpc) is 1.66. The summed E-state index contributed by atoms with van der Waals surface area (Å²) in [5.41, 5.74) is 8.26. The van der Waals surface area contributed by atoms with Crippen LogP contribution < -0.4 is 33.2 Å². The molecule has 566 valence electrons. The number of Topliss-reactive ketones (excluding diaryl/α,β-unsaturated/α-hetero) is 3. The van der Waals surface area contributed by atoms with Crippen molar-refractivity contribution in [3.63, 3.8) is 0 Å². The van der Waals surface area contributed by atoms with E-state index in [1.807, 2.05) is 43.7 Å². The zero-order valence-electron chi connectivity index (χ0n) is 61.7. The third-order valence-electron chi connectivity index (χ3n) is 18.2. The number of pyridine rings is 2. The van der Waals surface area contributed by atoms with E-state index >= 15 is 0 Å². The molecule has 108 heavy (non-hydrogen) atoms. The highest BCUT2D eigenvalue weighted by molar-refractivity contribution is 6.07. The van der Waals surface area contributed by atoms with Crippen molar-refractivity contribution in [3.8, 4) is 34.5 Å². The number of imidazole rings is 1. The Morgan fingerprint density at radius 3 is 1.28 bits per heavy atom. The second kappa shape index (κ2) is 35.7. The molecule has 12 rings (SSSR count). The largest absolute Gasteiger partial charge is 0.619 e. The number of fused-ring (bicyclic) bond motifs is 3. The summed E-state index contributed by atoms with van der Waals surface area (Å²) in [6.45, 7) is 20.8. The quantitative estimate of drug-likeness (QED) is 0.0176. The molecule has 3 unspecified atom stereocenters. The molecule has 0 fully saturated rings. The Bertz CT molecular complexity index is 5080. The van der Waals surface area contributed by atoms with E-state index in [0.29, 0.717) is 138 Å². The Kier molecular flexibility index (Phi) is 26.1. The Morgan fingerprint density at radius 1 is 0.491 bits per heavy atom. The smallest absolute Gasteiger partial charge is 0.468 e. The molecule has 0 aliphatic carbocycles. The van der Waals surface area contributed by atoms with Crippen LogP contribution in [0.4, 0.5) is 26.3 Å². The van der Waals surface area contributed by atoms with Gasteiger partial charge in [-0.1, -0.05) is 69.3 Å². The minimum absolute atomic E-state index is 0.00209. The Balaban J connectivity index is 0.000000173.